The van der Waals surface area contributed by atoms with Crippen molar-refractivity contribution in [2.45, 2.75) is 12.1 Å². The fourth-order valence-electron chi connectivity index (χ4n) is 2.55. The molecule has 7 heteroatoms. The van der Waals surface area contributed by atoms with E-state index in [-0.39, 0.29) is 30.2 Å². The Morgan fingerprint density at radius 3 is 2.64 bits per heavy atom. The van der Waals surface area contributed by atoms with Crippen LogP contribution in [-0.4, -0.2) is 23.1 Å². The highest BCUT2D eigenvalue weighted by Gasteiger charge is 2.41. The lowest BCUT2D eigenvalue weighted by Crippen LogP contribution is -2.28. The number of nitriles is 1. The smallest absolute Gasteiger partial charge is 0.226 e. The third-order valence-electron chi connectivity index (χ3n) is 3.64. The summed E-state index contributed by atoms with van der Waals surface area (Å²) >= 11 is 0. The molecule has 1 fully saturated rings. The zero-order valence-electron chi connectivity index (χ0n) is 11.4. The molecule has 0 saturated carbocycles. The molecule has 0 amide bonds. The number of alkyl halides is 1. The molecule has 1 saturated heterocycles. The number of anilines is 1. The highest BCUT2D eigenvalue weighted by atomic mass is 19.1. The summed E-state index contributed by atoms with van der Waals surface area (Å²) in [4.78, 5) is 9.58. The van der Waals surface area contributed by atoms with Crippen molar-refractivity contribution in [2.75, 3.05) is 18.0 Å². The largest absolute Gasteiger partial charge is 0.337 e. The Bertz CT molecular complexity index is 738. The number of nitrogens with zero attached hydrogens (tertiary/aromatic N) is 4. The first kappa shape index (κ1) is 14.3. The molecular formula is C15H11F3N4. The topological polar surface area (TPSA) is 52.8 Å². The van der Waals surface area contributed by atoms with Gasteiger partial charge in [0.05, 0.1) is 6.54 Å². The quantitative estimate of drug-likeness (QED) is 0.856. The second-order valence-corrected chi connectivity index (χ2v) is 5.15. The van der Waals surface area contributed by atoms with Crippen LogP contribution in [0.1, 0.15) is 17.7 Å². The van der Waals surface area contributed by atoms with Crippen molar-refractivity contribution in [3.05, 3.63) is 53.4 Å². The third-order valence-corrected chi connectivity index (χ3v) is 3.64. The zero-order chi connectivity index (χ0) is 15.7. The summed E-state index contributed by atoms with van der Waals surface area (Å²) in [6, 6.07) is 6.04. The molecule has 112 valence electrons. The molecule has 1 aromatic carbocycles. The molecule has 1 aliphatic heterocycles. The predicted molar refractivity (Wildman–Crippen MR) is 72.7 cm³/mol. The minimum Gasteiger partial charge on any atom is -0.337 e. The number of hydrogen-bond acceptors (Lipinski definition) is 4. The predicted octanol–water partition coefficient (Wildman–Crippen LogP) is 2.70. The lowest BCUT2D eigenvalue weighted by Gasteiger charge is -2.21. The van der Waals surface area contributed by atoms with Gasteiger partial charge >= 0.3 is 0 Å². The van der Waals surface area contributed by atoms with Gasteiger partial charge in [-0.2, -0.15) is 5.26 Å². The first-order chi connectivity index (χ1) is 10.5. The van der Waals surface area contributed by atoms with Gasteiger partial charge in [0.15, 0.2) is 5.67 Å². The van der Waals surface area contributed by atoms with E-state index in [9.17, 15) is 8.78 Å². The van der Waals surface area contributed by atoms with E-state index < -0.39 is 17.3 Å². The minimum absolute atomic E-state index is 0.0380. The van der Waals surface area contributed by atoms with E-state index in [1.54, 1.807) is 4.90 Å². The number of aromatic nitrogens is 2. The number of halogens is 3. The molecule has 22 heavy (non-hydrogen) atoms. The Hall–Kier alpha value is -2.62. The van der Waals surface area contributed by atoms with Gasteiger partial charge < -0.3 is 4.90 Å². The van der Waals surface area contributed by atoms with Crippen molar-refractivity contribution in [2.24, 2.45) is 0 Å². The van der Waals surface area contributed by atoms with Crippen LogP contribution in [0, 0.1) is 23.0 Å². The van der Waals surface area contributed by atoms with Gasteiger partial charge in [-0.1, -0.05) is 0 Å². The molecular weight excluding hydrogens is 293 g/mol. The molecule has 2 aromatic rings. The summed E-state index contributed by atoms with van der Waals surface area (Å²) in [5.74, 6) is -1.39. The van der Waals surface area contributed by atoms with Crippen LogP contribution < -0.4 is 4.90 Å². The molecule has 0 bridgehead atoms. The van der Waals surface area contributed by atoms with Crippen LogP contribution in [-0.2, 0) is 5.67 Å². The van der Waals surface area contributed by atoms with Crippen LogP contribution in [0.5, 0.6) is 0 Å². The van der Waals surface area contributed by atoms with E-state index >= 15 is 4.39 Å². The molecule has 1 aliphatic rings. The number of rotatable bonds is 2. The molecule has 0 spiro atoms. The van der Waals surface area contributed by atoms with Gasteiger partial charge in [0, 0.05) is 25.2 Å². The summed E-state index contributed by atoms with van der Waals surface area (Å²) in [7, 11) is 0. The van der Waals surface area contributed by atoms with Crippen LogP contribution in [0.25, 0.3) is 0 Å². The second-order valence-electron chi connectivity index (χ2n) is 5.15. The molecule has 1 aromatic heterocycles. The van der Waals surface area contributed by atoms with Crippen LogP contribution >= 0.6 is 0 Å². The van der Waals surface area contributed by atoms with E-state index in [1.165, 1.54) is 12.3 Å². The minimum atomic E-state index is -1.88. The van der Waals surface area contributed by atoms with Crippen molar-refractivity contribution in [1.82, 2.24) is 9.97 Å². The highest BCUT2D eigenvalue weighted by Crippen LogP contribution is 2.37. The number of hydrogen-bond donors (Lipinski definition) is 0. The lowest BCUT2D eigenvalue weighted by atomic mass is 9.95. The summed E-state index contributed by atoms with van der Waals surface area (Å²) in [6.07, 6.45) is 1.48. The lowest BCUT2D eigenvalue weighted by molar-refractivity contribution is 0.194. The van der Waals surface area contributed by atoms with Crippen LogP contribution in [0.3, 0.4) is 0 Å². The number of benzene rings is 1. The molecule has 1 unspecified atom stereocenters. The van der Waals surface area contributed by atoms with Crippen molar-refractivity contribution in [1.29, 1.82) is 5.26 Å². The van der Waals surface area contributed by atoms with E-state index in [0.29, 0.717) is 12.6 Å². The van der Waals surface area contributed by atoms with Gasteiger partial charge in [0.1, 0.15) is 23.4 Å². The Balaban J connectivity index is 1.88. The first-order valence-corrected chi connectivity index (χ1v) is 6.64. The van der Waals surface area contributed by atoms with Gasteiger partial charge in [-0.3, -0.25) is 0 Å². The van der Waals surface area contributed by atoms with Crippen molar-refractivity contribution in [3.63, 3.8) is 0 Å². The first-order valence-electron chi connectivity index (χ1n) is 6.64. The monoisotopic (exact) mass is 304 g/mol. The van der Waals surface area contributed by atoms with Crippen LogP contribution in [0.15, 0.2) is 30.5 Å². The van der Waals surface area contributed by atoms with Gasteiger partial charge in [0.2, 0.25) is 5.95 Å². The Morgan fingerprint density at radius 1 is 1.23 bits per heavy atom. The molecule has 0 radical (unpaired) electrons. The van der Waals surface area contributed by atoms with Crippen LogP contribution in [0.2, 0.25) is 0 Å². The Morgan fingerprint density at radius 2 is 1.95 bits per heavy atom. The average Bonchev–Trinajstić information content (AvgIpc) is 2.90. The molecule has 1 atom stereocenters. The maximum atomic E-state index is 15.0. The van der Waals surface area contributed by atoms with Gasteiger partial charge in [-0.15, -0.1) is 0 Å². The average molecular weight is 304 g/mol. The maximum absolute atomic E-state index is 15.0. The summed E-state index contributed by atoms with van der Waals surface area (Å²) in [6.45, 7) is 0.175. The van der Waals surface area contributed by atoms with Crippen molar-refractivity contribution in [3.8, 4) is 6.07 Å². The van der Waals surface area contributed by atoms with Crippen molar-refractivity contribution < 1.29 is 13.2 Å². The van der Waals surface area contributed by atoms with Gasteiger partial charge in [0.25, 0.3) is 0 Å². The second kappa shape index (κ2) is 5.30. The van der Waals surface area contributed by atoms with Gasteiger partial charge in [-0.05, 0) is 23.8 Å². The molecule has 3 rings (SSSR count). The molecule has 2 heterocycles. The fraction of sp³-hybridized carbons (Fsp3) is 0.267. The van der Waals surface area contributed by atoms with E-state index in [2.05, 4.69) is 9.97 Å². The maximum Gasteiger partial charge on any atom is 0.226 e. The SMILES string of the molecule is N#Cc1ccnc(N2CCC(F)(c3cc(F)cc(F)c3)C2)n1. The molecule has 0 N–H and O–H groups in total. The van der Waals surface area contributed by atoms with Gasteiger partial charge in [-0.25, -0.2) is 23.1 Å². The molecule has 4 nitrogen and oxygen atoms in total. The van der Waals surface area contributed by atoms with E-state index in [4.69, 9.17) is 5.26 Å². The van der Waals surface area contributed by atoms with E-state index in [1.807, 2.05) is 6.07 Å². The fourth-order valence-corrected chi connectivity index (χ4v) is 2.55. The normalized spacial score (nSPS) is 20.9. The van der Waals surface area contributed by atoms with Crippen LogP contribution in [0.4, 0.5) is 19.1 Å². The summed E-state index contributed by atoms with van der Waals surface area (Å²) < 4.78 is 41.6. The Kier molecular flexibility index (Phi) is 3.45. The Labute approximate surface area is 124 Å². The third kappa shape index (κ3) is 2.60. The highest BCUT2D eigenvalue weighted by molar-refractivity contribution is 5.39. The summed E-state index contributed by atoms with van der Waals surface area (Å²) in [5.41, 5.74) is -1.74. The standard InChI is InChI=1S/C15H11F3N4/c16-11-5-10(6-12(17)7-11)15(18)2-4-22(9-15)14-20-3-1-13(8-19)21-14/h1,3,5-7H,2,4,9H2. The summed E-state index contributed by atoms with van der Waals surface area (Å²) in [5, 5.41) is 8.83. The van der Waals surface area contributed by atoms with E-state index in [0.717, 1.165) is 12.1 Å². The zero-order valence-corrected chi connectivity index (χ0v) is 11.4. The molecule has 0 aliphatic carbocycles. The van der Waals surface area contributed by atoms with Crippen molar-refractivity contribution >= 4 is 5.95 Å².